The molecule has 2 atom stereocenters. The summed E-state index contributed by atoms with van der Waals surface area (Å²) in [6, 6.07) is 5.52. The van der Waals surface area contributed by atoms with Gasteiger partial charge in [0.05, 0.1) is 9.90 Å². The third-order valence-electron chi connectivity index (χ3n) is 5.09. The number of hydrogen-bond acceptors (Lipinski definition) is 7. The first kappa shape index (κ1) is 25.0. The largest absolute Gasteiger partial charge is 0.349 e. The van der Waals surface area contributed by atoms with Crippen molar-refractivity contribution in [2.45, 2.75) is 56.5 Å². The van der Waals surface area contributed by atoms with Gasteiger partial charge in [-0.05, 0) is 30.9 Å². The first-order valence-corrected chi connectivity index (χ1v) is 13.1. The van der Waals surface area contributed by atoms with Crippen LogP contribution in [0.15, 0.2) is 41.4 Å². The van der Waals surface area contributed by atoms with Gasteiger partial charge in [-0.15, -0.1) is 11.3 Å². The zero-order valence-corrected chi connectivity index (χ0v) is 20.2. The lowest BCUT2D eigenvalue weighted by Crippen LogP contribution is -2.54. The quantitative estimate of drug-likeness (QED) is 0.497. The Morgan fingerprint density at radius 3 is 2.67 bits per heavy atom. The molecular weight excluding hydrogens is 464 g/mol. The number of hydrogen-bond donors (Lipinski definition) is 3. The Hall–Kier alpha value is -2.63. The van der Waals surface area contributed by atoms with Gasteiger partial charge in [-0.1, -0.05) is 32.0 Å². The molecule has 2 bridgehead atoms. The van der Waals surface area contributed by atoms with Gasteiger partial charge in [0.25, 0.3) is 5.91 Å². The molecule has 1 aliphatic rings. The van der Waals surface area contributed by atoms with Gasteiger partial charge in [0, 0.05) is 30.5 Å². The van der Waals surface area contributed by atoms with Crippen molar-refractivity contribution in [2.24, 2.45) is 5.92 Å². The van der Waals surface area contributed by atoms with Crippen molar-refractivity contribution in [3.8, 4) is 0 Å². The maximum absolute atomic E-state index is 13.2. The number of fused-ring (bicyclic) bond motifs is 2. The van der Waals surface area contributed by atoms with Gasteiger partial charge in [-0.2, -0.15) is 4.72 Å². The lowest BCUT2D eigenvalue weighted by molar-refractivity contribution is -0.140. The average Bonchev–Trinajstić information content (AvgIpc) is 3.21. The van der Waals surface area contributed by atoms with E-state index in [0.717, 1.165) is 9.88 Å². The molecule has 0 saturated heterocycles. The summed E-state index contributed by atoms with van der Waals surface area (Å²) in [6.07, 6.45) is 3.31. The fourth-order valence-corrected chi connectivity index (χ4v) is 5.70. The van der Waals surface area contributed by atoms with E-state index in [2.05, 4.69) is 20.3 Å². The molecule has 2 amide bonds. The van der Waals surface area contributed by atoms with Crippen LogP contribution in [0, 0.1) is 5.92 Å². The SMILES string of the molecule is CC(C)CC(NS(=O)(=O)c1ccccc1)C(=O)NC1Cc2cnc(s2)CCCNC(=O)C1=O. The first-order chi connectivity index (χ1) is 15.7. The van der Waals surface area contributed by atoms with E-state index < -0.39 is 39.7 Å². The zero-order chi connectivity index (χ0) is 24.0. The molecule has 11 heteroatoms. The number of nitrogens with zero attached hydrogens (tertiary/aromatic N) is 1. The highest BCUT2D eigenvalue weighted by molar-refractivity contribution is 7.89. The highest BCUT2D eigenvalue weighted by atomic mass is 32.2. The molecule has 3 rings (SSSR count). The van der Waals surface area contributed by atoms with E-state index in [0.29, 0.717) is 19.4 Å². The van der Waals surface area contributed by atoms with E-state index in [9.17, 15) is 22.8 Å². The molecule has 33 heavy (non-hydrogen) atoms. The van der Waals surface area contributed by atoms with Gasteiger partial charge in [-0.3, -0.25) is 14.4 Å². The summed E-state index contributed by atoms with van der Waals surface area (Å²) in [5.41, 5.74) is 0. The Labute approximate surface area is 197 Å². The van der Waals surface area contributed by atoms with Crippen LogP contribution in [0.2, 0.25) is 0 Å². The summed E-state index contributed by atoms with van der Waals surface area (Å²) >= 11 is 1.44. The molecule has 0 radical (unpaired) electrons. The van der Waals surface area contributed by atoms with Crippen LogP contribution in [0.5, 0.6) is 0 Å². The second-order valence-electron chi connectivity index (χ2n) is 8.33. The fourth-order valence-electron chi connectivity index (χ4n) is 3.46. The molecule has 9 nitrogen and oxygen atoms in total. The number of ketones is 1. The first-order valence-electron chi connectivity index (χ1n) is 10.8. The number of aromatic nitrogens is 1. The Kier molecular flexibility index (Phi) is 8.33. The van der Waals surface area contributed by atoms with E-state index in [4.69, 9.17) is 0 Å². The number of sulfonamides is 1. The highest BCUT2D eigenvalue weighted by Crippen LogP contribution is 2.18. The van der Waals surface area contributed by atoms with Crippen LogP contribution < -0.4 is 15.4 Å². The van der Waals surface area contributed by atoms with Gasteiger partial charge < -0.3 is 10.6 Å². The van der Waals surface area contributed by atoms with Crippen molar-refractivity contribution in [1.29, 1.82) is 0 Å². The normalized spacial score (nSPS) is 18.3. The number of amides is 2. The number of benzene rings is 1. The van der Waals surface area contributed by atoms with Gasteiger partial charge in [0.1, 0.15) is 12.1 Å². The number of thiazole rings is 1. The van der Waals surface area contributed by atoms with E-state index in [1.807, 2.05) is 13.8 Å². The van der Waals surface area contributed by atoms with Crippen molar-refractivity contribution >= 4 is 39.0 Å². The van der Waals surface area contributed by atoms with Crippen molar-refractivity contribution in [3.05, 3.63) is 46.4 Å². The van der Waals surface area contributed by atoms with E-state index in [1.54, 1.807) is 24.4 Å². The minimum Gasteiger partial charge on any atom is -0.349 e. The number of carbonyl (C=O) groups excluding carboxylic acids is 3. The lowest BCUT2D eigenvalue weighted by atomic mass is 10.0. The summed E-state index contributed by atoms with van der Waals surface area (Å²) in [5.74, 6) is -2.20. The van der Waals surface area contributed by atoms with Gasteiger partial charge in [-0.25, -0.2) is 13.4 Å². The molecule has 0 aliphatic carbocycles. The third kappa shape index (κ3) is 6.92. The Balaban J connectivity index is 1.82. The second kappa shape index (κ2) is 11.0. The van der Waals surface area contributed by atoms with Crippen LogP contribution in [-0.2, 0) is 37.2 Å². The Bertz CT molecular complexity index is 1100. The predicted molar refractivity (Wildman–Crippen MR) is 124 cm³/mol. The van der Waals surface area contributed by atoms with Gasteiger partial charge in [0.15, 0.2) is 0 Å². The van der Waals surface area contributed by atoms with Crippen LogP contribution in [0.4, 0.5) is 0 Å². The lowest BCUT2D eigenvalue weighted by Gasteiger charge is -2.23. The van der Waals surface area contributed by atoms with Crippen LogP contribution in [-0.4, -0.2) is 49.6 Å². The molecule has 0 fully saturated rings. The number of Topliss-reactive ketones (excluding diaryl/α,β-unsaturated/α-hetero) is 1. The third-order valence-corrected chi connectivity index (χ3v) is 7.66. The minimum atomic E-state index is -3.96. The molecule has 2 unspecified atom stereocenters. The second-order valence-corrected chi connectivity index (χ2v) is 11.2. The summed E-state index contributed by atoms with van der Waals surface area (Å²) in [5, 5.41) is 6.09. The van der Waals surface area contributed by atoms with Crippen molar-refractivity contribution in [2.75, 3.05) is 6.54 Å². The van der Waals surface area contributed by atoms with Crippen molar-refractivity contribution in [3.63, 3.8) is 0 Å². The molecule has 178 valence electrons. The Morgan fingerprint density at radius 2 is 1.97 bits per heavy atom. The van der Waals surface area contributed by atoms with Gasteiger partial charge >= 0.3 is 0 Å². The average molecular weight is 493 g/mol. The van der Waals surface area contributed by atoms with E-state index in [1.165, 1.54) is 23.5 Å². The maximum Gasteiger partial charge on any atom is 0.289 e. The monoisotopic (exact) mass is 492 g/mol. The van der Waals surface area contributed by atoms with E-state index >= 15 is 0 Å². The van der Waals surface area contributed by atoms with Gasteiger partial charge in [0.2, 0.25) is 21.7 Å². The molecule has 0 spiro atoms. The maximum atomic E-state index is 13.2. The van der Waals surface area contributed by atoms with Crippen molar-refractivity contribution < 1.29 is 22.8 Å². The molecule has 2 aromatic rings. The zero-order valence-electron chi connectivity index (χ0n) is 18.5. The predicted octanol–water partition coefficient (Wildman–Crippen LogP) is 1.20. The fraction of sp³-hybridized carbons (Fsp3) is 0.455. The standard InChI is InChI=1S/C22H28N4O5S2/c1-14(2)11-18(26-33(30,31)16-7-4-3-5-8-16)21(28)25-17-12-15-13-24-19(32-15)9-6-10-23-22(29)20(17)27/h3-5,7-8,13-14,17-18,26H,6,9-12H2,1-2H3,(H,23,29)(H,25,28). The summed E-state index contributed by atoms with van der Waals surface area (Å²) in [6.45, 7) is 4.05. The topological polar surface area (TPSA) is 134 Å². The summed E-state index contributed by atoms with van der Waals surface area (Å²) < 4.78 is 28.1. The van der Waals surface area contributed by atoms with Crippen LogP contribution in [0.1, 0.15) is 36.6 Å². The summed E-state index contributed by atoms with van der Waals surface area (Å²) in [4.78, 5) is 43.4. The molecule has 1 aromatic heterocycles. The van der Waals surface area contributed by atoms with Crippen molar-refractivity contribution in [1.82, 2.24) is 20.3 Å². The molecule has 2 heterocycles. The van der Waals surface area contributed by atoms with Crippen LogP contribution in [0.25, 0.3) is 0 Å². The molecule has 3 N–H and O–H groups in total. The Morgan fingerprint density at radius 1 is 1.24 bits per heavy atom. The number of carbonyl (C=O) groups is 3. The molecule has 1 aliphatic heterocycles. The van der Waals surface area contributed by atoms with E-state index in [-0.39, 0.29) is 23.7 Å². The highest BCUT2D eigenvalue weighted by Gasteiger charge is 2.32. The molecule has 0 saturated carbocycles. The molecule has 1 aromatic carbocycles. The number of nitrogens with one attached hydrogen (secondary N) is 3. The number of aryl methyl sites for hydroxylation is 1. The number of rotatable bonds is 7. The minimum absolute atomic E-state index is 0.00478. The van der Waals surface area contributed by atoms with Crippen LogP contribution >= 0.6 is 11.3 Å². The summed E-state index contributed by atoms with van der Waals surface area (Å²) in [7, 11) is -3.96. The van der Waals surface area contributed by atoms with Crippen LogP contribution in [0.3, 0.4) is 0 Å². The smallest absolute Gasteiger partial charge is 0.289 e. The molecular formula is C22H28N4O5S2.